The molecule has 1 aromatic rings. The predicted molar refractivity (Wildman–Crippen MR) is 47.5 cm³/mol. The smallest absolute Gasteiger partial charge is 0.503 e. The first-order valence-electron chi connectivity index (χ1n) is 3.86. The molecule has 0 amide bonds. The van der Waals surface area contributed by atoms with Crippen LogP contribution in [-0.2, 0) is 0 Å². The molecule has 0 aliphatic heterocycles. The van der Waals surface area contributed by atoms with Gasteiger partial charge in [-0.3, -0.25) is 4.79 Å². The summed E-state index contributed by atoms with van der Waals surface area (Å²) in [5.41, 5.74) is -0.317. The molecule has 0 aromatic carbocycles. The van der Waals surface area contributed by atoms with Gasteiger partial charge in [0, 0.05) is 6.20 Å². The molecular weight excluding hydrogens is 251 g/mol. The summed E-state index contributed by atoms with van der Waals surface area (Å²) in [7, 11) is 0. The van der Waals surface area contributed by atoms with Gasteiger partial charge in [0.2, 0.25) is 0 Å². The molecule has 0 aliphatic rings. The number of pyridine rings is 1. The van der Waals surface area contributed by atoms with Crippen LogP contribution in [-0.4, -0.2) is 21.7 Å². The largest absolute Gasteiger partial charge is 0.574 e. The molecule has 0 atom stereocenters. The topological polar surface area (TPSA) is 59.4 Å². The Balaban J connectivity index is 3.24. The number of nitrogens with zero attached hydrogens (tertiary/aromatic N) is 1. The second-order valence-corrected chi connectivity index (χ2v) is 3.13. The lowest BCUT2D eigenvalue weighted by molar-refractivity contribution is -0.276. The number of ether oxygens (including phenoxy) is 1. The van der Waals surface area contributed by atoms with Crippen molar-refractivity contribution in [1.82, 2.24) is 4.98 Å². The molecule has 0 bridgehead atoms. The van der Waals surface area contributed by atoms with E-state index in [0.717, 1.165) is 6.20 Å². The average Bonchev–Trinajstić information content (AvgIpc) is 2.07. The Kier molecular flexibility index (Phi) is 3.27. The molecule has 0 aliphatic carbocycles. The lowest BCUT2D eigenvalue weighted by atomic mass is 10.1. The number of aromatic hydroxyl groups is 1. The van der Waals surface area contributed by atoms with Crippen molar-refractivity contribution in [1.29, 1.82) is 0 Å². The average molecular weight is 256 g/mol. The molecule has 8 heteroatoms. The Labute approximate surface area is 92.6 Å². The maximum absolute atomic E-state index is 11.9. The fraction of sp³-hybridized carbons (Fsp3) is 0.250. The summed E-state index contributed by atoms with van der Waals surface area (Å²) in [6.07, 6.45) is -4.07. The third kappa shape index (κ3) is 2.75. The zero-order valence-electron chi connectivity index (χ0n) is 7.80. The Morgan fingerprint density at radius 3 is 2.56 bits per heavy atom. The van der Waals surface area contributed by atoms with E-state index in [1.54, 1.807) is 0 Å². The van der Waals surface area contributed by atoms with Crippen LogP contribution in [0.4, 0.5) is 13.2 Å². The quantitative estimate of drug-likeness (QED) is 0.824. The maximum Gasteiger partial charge on any atom is 0.574 e. The fourth-order valence-electron chi connectivity index (χ4n) is 1.01. The van der Waals surface area contributed by atoms with E-state index in [9.17, 15) is 23.1 Å². The summed E-state index contributed by atoms with van der Waals surface area (Å²) in [4.78, 5) is 14.0. The summed E-state index contributed by atoms with van der Waals surface area (Å²) in [5.74, 6) is -2.14. The van der Waals surface area contributed by atoms with Crippen molar-refractivity contribution >= 4 is 16.8 Å². The monoisotopic (exact) mass is 255 g/mol. The summed E-state index contributed by atoms with van der Waals surface area (Å²) in [5, 5.41) is 8.22. The molecular formula is C8H5ClF3NO3. The minimum atomic E-state index is -5.01. The van der Waals surface area contributed by atoms with Gasteiger partial charge in [0.25, 0.3) is 11.1 Å². The highest BCUT2D eigenvalue weighted by molar-refractivity contribution is 6.68. The number of aryl methyl sites for hydroxylation is 1. The minimum absolute atomic E-state index is 0.145. The number of hydrogen-bond acceptors (Lipinski definition) is 4. The first-order chi connectivity index (χ1) is 7.22. The summed E-state index contributed by atoms with van der Waals surface area (Å²) in [6, 6.07) is 0. The highest BCUT2D eigenvalue weighted by Gasteiger charge is 2.34. The van der Waals surface area contributed by atoms with Crippen LogP contribution in [0.15, 0.2) is 6.20 Å². The van der Waals surface area contributed by atoms with Crippen LogP contribution < -0.4 is 4.74 Å². The number of aromatic nitrogens is 1. The van der Waals surface area contributed by atoms with Gasteiger partial charge in [0.15, 0.2) is 5.75 Å². The Morgan fingerprint density at radius 2 is 2.12 bits per heavy atom. The molecule has 0 fully saturated rings. The van der Waals surface area contributed by atoms with Crippen molar-refractivity contribution < 1.29 is 27.8 Å². The van der Waals surface area contributed by atoms with Gasteiger partial charge in [-0.2, -0.15) is 0 Å². The normalized spacial score (nSPS) is 11.3. The van der Waals surface area contributed by atoms with Gasteiger partial charge in [-0.05, 0) is 24.1 Å². The molecule has 0 spiro atoms. The zero-order chi connectivity index (χ0) is 12.5. The lowest BCUT2D eigenvalue weighted by Crippen LogP contribution is -2.18. The molecule has 1 aromatic heterocycles. The first-order valence-corrected chi connectivity index (χ1v) is 4.24. The molecule has 88 valence electrons. The van der Waals surface area contributed by atoms with E-state index in [2.05, 4.69) is 9.72 Å². The van der Waals surface area contributed by atoms with Gasteiger partial charge in [-0.15, -0.1) is 13.2 Å². The van der Waals surface area contributed by atoms with Crippen LogP contribution >= 0.6 is 11.6 Å². The molecule has 0 saturated heterocycles. The van der Waals surface area contributed by atoms with E-state index < -0.39 is 28.8 Å². The van der Waals surface area contributed by atoms with Gasteiger partial charge < -0.3 is 9.84 Å². The molecule has 1 N–H and O–H groups in total. The van der Waals surface area contributed by atoms with Crippen LogP contribution in [0.1, 0.15) is 15.9 Å². The molecule has 0 radical (unpaired) electrons. The van der Waals surface area contributed by atoms with Crippen LogP contribution in [0.3, 0.4) is 0 Å². The molecule has 0 saturated carbocycles. The van der Waals surface area contributed by atoms with Crippen LogP contribution in [0.25, 0.3) is 0 Å². The molecule has 0 unspecified atom stereocenters. The highest BCUT2D eigenvalue weighted by atomic mass is 35.5. The predicted octanol–water partition coefficient (Wildman–Crippen LogP) is 2.37. The summed E-state index contributed by atoms with van der Waals surface area (Å²) < 4.78 is 39.0. The number of carbonyl (C=O) groups excluding carboxylic acids is 1. The van der Waals surface area contributed by atoms with E-state index in [0.29, 0.717) is 0 Å². The van der Waals surface area contributed by atoms with Gasteiger partial charge in [-0.25, -0.2) is 4.98 Å². The molecule has 16 heavy (non-hydrogen) atoms. The first kappa shape index (κ1) is 12.6. The standard InChI is InChI=1S/C8H5ClF3NO3/c1-3-2-13-7(16-8(10,11)12)5(14)4(3)6(9)15/h2,14H,1H3. The third-order valence-electron chi connectivity index (χ3n) is 1.62. The van der Waals surface area contributed by atoms with Gasteiger partial charge in [0.1, 0.15) is 0 Å². The van der Waals surface area contributed by atoms with Crippen molar-refractivity contribution in [3.8, 4) is 11.6 Å². The van der Waals surface area contributed by atoms with Crippen molar-refractivity contribution in [2.75, 3.05) is 0 Å². The van der Waals surface area contributed by atoms with Crippen molar-refractivity contribution in [2.45, 2.75) is 13.3 Å². The second kappa shape index (κ2) is 4.17. The maximum atomic E-state index is 11.9. The molecule has 4 nitrogen and oxygen atoms in total. The van der Waals surface area contributed by atoms with Crippen molar-refractivity contribution in [2.24, 2.45) is 0 Å². The second-order valence-electron chi connectivity index (χ2n) is 2.79. The highest BCUT2D eigenvalue weighted by Crippen LogP contribution is 2.34. The summed E-state index contributed by atoms with van der Waals surface area (Å²) in [6.45, 7) is 1.36. The minimum Gasteiger partial charge on any atom is -0.503 e. The molecule has 1 heterocycles. The fourth-order valence-corrected chi connectivity index (χ4v) is 1.25. The number of hydrogen-bond donors (Lipinski definition) is 1. The van der Waals surface area contributed by atoms with E-state index in [-0.39, 0.29) is 5.56 Å². The SMILES string of the molecule is Cc1cnc(OC(F)(F)F)c(O)c1C(=O)Cl. The van der Waals surface area contributed by atoms with E-state index in [1.165, 1.54) is 6.92 Å². The zero-order valence-corrected chi connectivity index (χ0v) is 8.56. The van der Waals surface area contributed by atoms with Crippen LogP contribution in [0.5, 0.6) is 11.6 Å². The van der Waals surface area contributed by atoms with Gasteiger partial charge in [0.05, 0.1) is 5.56 Å². The summed E-state index contributed by atoms with van der Waals surface area (Å²) >= 11 is 5.09. The van der Waals surface area contributed by atoms with Gasteiger partial charge >= 0.3 is 6.36 Å². The van der Waals surface area contributed by atoms with Crippen LogP contribution in [0.2, 0.25) is 0 Å². The third-order valence-corrected chi connectivity index (χ3v) is 1.81. The number of alkyl halides is 3. The number of rotatable bonds is 2. The van der Waals surface area contributed by atoms with E-state index in [4.69, 9.17) is 11.6 Å². The van der Waals surface area contributed by atoms with Crippen molar-refractivity contribution in [3.05, 3.63) is 17.3 Å². The lowest BCUT2D eigenvalue weighted by Gasteiger charge is -2.11. The number of halogens is 4. The number of carbonyl (C=O) groups is 1. The Hall–Kier alpha value is -1.50. The van der Waals surface area contributed by atoms with E-state index in [1.807, 2.05) is 0 Å². The Bertz CT molecular complexity index is 433. The van der Waals surface area contributed by atoms with Crippen LogP contribution in [0, 0.1) is 6.92 Å². The van der Waals surface area contributed by atoms with Gasteiger partial charge in [-0.1, -0.05) is 0 Å². The Morgan fingerprint density at radius 1 is 1.56 bits per heavy atom. The van der Waals surface area contributed by atoms with E-state index >= 15 is 0 Å². The molecule has 1 rings (SSSR count). The van der Waals surface area contributed by atoms with Crippen molar-refractivity contribution in [3.63, 3.8) is 0 Å².